The van der Waals surface area contributed by atoms with E-state index in [1.165, 1.54) is 4.31 Å². The maximum atomic E-state index is 12.0. The number of fused-ring (bicyclic) bond motifs is 1. The minimum absolute atomic E-state index is 0.136. The molecule has 0 fully saturated rings. The number of carbonyl (C=O) groups is 1. The lowest BCUT2D eigenvalue weighted by Gasteiger charge is -2.12. The van der Waals surface area contributed by atoms with E-state index in [9.17, 15) is 9.00 Å². The Labute approximate surface area is 102 Å². The van der Waals surface area contributed by atoms with Crippen molar-refractivity contribution in [2.24, 2.45) is 0 Å². The van der Waals surface area contributed by atoms with Gasteiger partial charge in [-0.05, 0) is 25.0 Å². The molecule has 1 aliphatic heterocycles. The summed E-state index contributed by atoms with van der Waals surface area (Å²) in [6, 6.07) is 7.05. The van der Waals surface area contributed by atoms with Crippen molar-refractivity contribution >= 4 is 28.5 Å². The van der Waals surface area contributed by atoms with Crippen molar-refractivity contribution in [3.05, 3.63) is 29.8 Å². The highest BCUT2D eigenvalue weighted by atomic mass is 35.5. The lowest BCUT2D eigenvalue weighted by atomic mass is 10.2. The summed E-state index contributed by atoms with van der Waals surface area (Å²) in [5, 5.41) is 0. The third-order valence-corrected chi connectivity index (χ3v) is 4.23. The zero-order valence-electron chi connectivity index (χ0n) is 8.69. The molecule has 0 radical (unpaired) electrons. The third-order valence-electron chi connectivity index (χ3n) is 2.48. The Morgan fingerprint density at radius 1 is 1.25 bits per heavy atom. The van der Waals surface area contributed by atoms with Gasteiger partial charge in [-0.1, -0.05) is 12.1 Å². The van der Waals surface area contributed by atoms with Gasteiger partial charge >= 0.3 is 0 Å². The maximum Gasteiger partial charge on any atom is 0.267 e. The molecule has 2 rings (SSSR count). The van der Waals surface area contributed by atoms with Crippen LogP contribution < -0.4 is 0 Å². The third kappa shape index (κ3) is 1.99. The van der Waals surface area contributed by atoms with Crippen LogP contribution in [0.2, 0.25) is 0 Å². The Balaban J connectivity index is 2.15. The molecule has 5 heteroatoms. The van der Waals surface area contributed by atoms with E-state index in [0.29, 0.717) is 22.9 Å². The van der Waals surface area contributed by atoms with Gasteiger partial charge in [0.2, 0.25) is 0 Å². The molecule has 16 heavy (non-hydrogen) atoms. The Kier molecular flexibility index (Phi) is 3.61. The van der Waals surface area contributed by atoms with Gasteiger partial charge in [0.1, 0.15) is 0 Å². The second-order valence-corrected chi connectivity index (χ2v) is 5.31. The molecule has 1 aromatic rings. The van der Waals surface area contributed by atoms with E-state index in [2.05, 4.69) is 0 Å². The van der Waals surface area contributed by atoms with Crippen molar-refractivity contribution in [2.45, 2.75) is 17.7 Å². The van der Waals surface area contributed by atoms with Crippen LogP contribution in [0.15, 0.2) is 29.2 Å². The summed E-state index contributed by atoms with van der Waals surface area (Å²) >= 11 is 5.57. The summed E-state index contributed by atoms with van der Waals surface area (Å²) in [5.74, 6) is 0.435. The first-order chi connectivity index (χ1) is 7.75. The Morgan fingerprint density at radius 3 is 2.69 bits per heavy atom. The first-order valence-electron chi connectivity index (χ1n) is 5.14. The number of unbranched alkanes of at least 4 members (excludes halogenated alkanes) is 1. The number of hydrogen-bond acceptors (Lipinski definition) is 2. The molecule has 0 bridgehead atoms. The number of nitrogens with zero attached hydrogens (tertiary/aromatic N) is 1. The number of halogens is 1. The molecule has 1 atom stereocenters. The van der Waals surface area contributed by atoms with Gasteiger partial charge in [0.15, 0.2) is 11.0 Å². The standard InChI is InChI=1S/C11H12ClNO2S/c12-7-3-4-8-13-11(14)9-5-1-2-6-10(9)16(13)15/h1-2,5-6H,3-4,7-8H2. The van der Waals surface area contributed by atoms with Gasteiger partial charge in [0, 0.05) is 12.4 Å². The molecule has 0 N–H and O–H groups in total. The predicted octanol–water partition coefficient (Wildman–Crippen LogP) is 2.18. The first kappa shape index (κ1) is 11.6. The van der Waals surface area contributed by atoms with Crippen molar-refractivity contribution < 1.29 is 9.00 Å². The van der Waals surface area contributed by atoms with E-state index in [1.807, 2.05) is 0 Å². The summed E-state index contributed by atoms with van der Waals surface area (Å²) in [6.07, 6.45) is 1.62. The van der Waals surface area contributed by atoms with E-state index in [4.69, 9.17) is 11.6 Å². The largest absolute Gasteiger partial charge is 0.268 e. The summed E-state index contributed by atoms with van der Waals surface area (Å²) in [4.78, 5) is 12.5. The van der Waals surface area contributed by atoms with Gasteiger partial charge < -0.3 is 0 Å². The summed E-state index contributed by atoms with van der Waals surface area (Å²) in [7, 11) is -1.33. The van der Waals surface area contributed by atoms with E-state index < -0.39 is 11.0 Å². The van der Waals surface area contributed by atoms with Gasteiger partial charge in [-0.25, -0.2) is 4.21 Å². The van der Waals surface area contributed by atoms with Crippen LogP contribution in [0.25, 0.3) is 0 Å². The fourth-order valence-electron chi connectivity index (χ4n) is 1.66. The first-order valence-corrected chi connectivity index (χ1v) is 6.78. The molecule has 1 heterocycles. The smallest absolute Gasteiger partial charge is 0.267 e. The molecule has 1 aromatic carbocycles. The molecule has 1 unspecified atom stereocenters. The average Bonchev–Trinajstić information content (AvgIpc) is 2.55. The summed E-state index contributed by atoms with van der Waals surface area (Å²) < 4.78 is 13.4. The van der Waals surface area contributed by atoms with Crippen molar-refractivity contribution in [2.75, 3.05) is 12.4 Å². The van der Waals surface area contributed by atoms with Crippen molar-refractivity contribution in [1.82, 2.24) is 4.31 Å². The average molecular weight is 258 g/mol. The van der Waals surface area contributed by atoms with E-state index in [-0.39, 0.29) is 5.91 Å². The van der Waals surface area contributed by atoms with Crippen molar-refractivity contribution in [3.63, 3.8) is 0 Å². The van der Waals surface area contributed by atoms with Crippen LogP contribution in [0.4, 0.5) is 0 Å². The number of rotatable bonds is 4. The molecule has 0 spiro atoms. The molecule has 0 saturated carbocycles. The number of carbonyl (C=O) groups excluding carboxylic acids is 1. The maximum absolute atomic E-state index is 12.0. The molecule has 86 valence electrons. The second kappa shape index (κ2) is 4.97. The van der Waals surface area contributed by atoms with Crippen LogP contribution in [0.5, 0.6) is 0 Å². The summed E-state index contributed by atoms with van der Waals surface area (Å²) in [5.41, 5.74) is 0.562. The fourth-order valence-corrected chi connectivity index (χ4v) is 3.17. The lowest BCUT2D eigenvalue weighted by molar-refractivity contribution is 0.0874. The van der Waals surface area contributed by atoms with E-state index >= 15 is 0 Å². The predicted molar refractivity (Wildman–Crippen MR) is 63.8 cm³/mol. The summed E-state index contributed by atoms with van der Waals surface area (Å²) in [6.45, 7) is 0.507. The number of amides is 1. The Morgan fingerprint density at radius 2 is 2.00 bits per heavy atom. The van der Waals surface area contributed by atoms with Crippen LogP contribution in [-0.4, -0.2) is 26.8 Å². The number of alkyl halides is 1. The number of benzene rings is 1. The van der Waals surface area contributed by atoms with Crippen LogP contribution in [0.3, 0.4) is 0 Å². The normalized spacial score (nSPS) is 18.9. The zero-order chi connectivity index (χ0) is 11.5. The van der Waals surface area contributed by atoms with Gasteiger partial charge in [0.05, 0.1) is 10.5 Å². The SMILES string of the molecule is O=C1c2ccccc2S(=O)N1CCCCCl. The van der Waals surface area contributed by atoms with Crippen molar-refractivity contribution in [3.8, 4) is 0 Å². The van der Waals surface area contributed by atoms with E-state index in [1.54, 1.807) is 24.3 Å². The zero-order valence-corrected chi connectivity index (χ0v) is 10.3. The fraction of sp³-hybridized carbons (Fsp3) is 0.364. The molecule has 0 saturated heterocycles. The molecule has 1 amide bonds. The van der Waals surface area contributed by atoms with Gasteiger partial charge in [-0.3, -0.25) is 9.10 Å². The Bertz CT molecular complexity index is 401. The highest BCUT2D eigenvalue weighted by Gasteiger charge is 2.33. The lowest BCUT2D eigenvalue weighted by Crippen LogP contribution is -2.27. The van der Waals surface area contributed by atoms with Crippen LogP contribution >= 0.6 is 11.6 Å². The molecule has 0 aromatic heterocycles. The molecule has 0 aliphatic carbocycles. The van der Waals surface area contributed by atoms with E-state index in [0.717, 1.165) is 12.8 Å². The monoisotopic (exact) mass is 257 g/mol. The van der Waals surface area contributed by atoms with Crippen LogP contribution in [0.1, 0.15) is 23.2 Å². The number of hydrogen-bond donors (Lipinski definition) is 0. The van der Waals surface area contributed by atoms with Crippen LogP contribution in [-0.2, 0) is 11.0 Å². The quantitative estimate of drug-likeness (QED) is 0.613. The Hall–Kier alpha value is -0.870. The minimum atomic E-state index is -1.33. The highest BCUT2D eigenvalue weighted by molar-refractivity contribution is 7.84. The topological polar surface area (TPSA) is 37.4 Å². The van der Waals surface area contributed by atoms with Crippen LogP contribution in [0, 0.1) is 0 Å². The highest BCUT2D eigenvalue weighted by Crippen LogP contribution is 2.26. The molecule has 1 aliphatic rings. The molecule has 3 nitrogen and oxygen atoms in total. The molecular formula is C11H12ClNO2S. The van der Waals surface area contributed by atoms with Crippen molar-refractivity contribution in [1.29, 1.82) is 0 Å². The molecular weight excluding hydrogens is 246 g/mol. The van der Waals surface area contributed by atoms with Gasteiger partial charge in [-0.15, -0.1) is 11.6 Å². The minimum Gasteiger partial charge on any atom is -0.268 e. The van der Waals surface area contributed by atoms with Gasteiger partial charge in [0.25, 0.3) is 5.91 Å². The van der Waals surface area contributed by atoms with Gasteiger partial charge in [-0.2, -0.15) is 0 Å². The second-order valence-electron chi connectivity index (χ2n) is 3.55.